The summed E-state index contributed by atoms with van der Waals surface area (Å²) in [4.78, 5) is 0. The second-order valence-corrected chi connectivity index (χ2v) is 2.50. The van der Waals surface area contributed by atoms with E-state index in [1.807, 2.05) is 7.05 Å². The van der Waals surface area contributed by atoms with Crippen LogP contribution in [0.2, 0.25) is 0 Å². The van der Waals surface area contributed by atoms with E-state index in [1.54, 1.807) is 0 Å². The predicted octanol–water partition coefficient (Wildman–Crippen LogP) is -1.39. The van der Waals surface area contributed by atoms with Gasteiger partial charge in [0.1, 0.15) is 0 Å². The van der Waals surface area contributed by atoms with Gasteiger partial charge in [0.05, 0.1) is 0 Å². The van der Waals surface area contributed by atoms with Crippen molar-refractivity contribution in [3.8, 4) is 0 Å². The Morgan fingerprint density at radius 3 is 1.77 bits per heavy atom. The van der Waals surface area contributed by atoms with E-state index in [-0.39, 0.29) is 0 Å². The number of hydrogen-bond acceptors (Lipinski definition) is 5. The number of rotatable bonds is 7. The maximum absolute atomic E-state index is 5.17. The largest absolute Gasteiger partial charge is 0.329 e. The Morgan fingerprint density at radius 2 is 1.54 bits per heavy atom. The van der Waals surface area contributed by atoms with E-state index in [4.69, 9.17) is 11.5 Å². The molecule has 0 atom stereocenters. The lowest BCUT2D eigenvalue weighted by molar-refractivity contribution is 0.590. The summed E-state index contributed by atoms with van der Waals surface area (Å²) in [5.74, 6) is 0. The highest BCUT2D eigenvalue weighted by molar-refractivity contribution is 4.45. The molecule has 0 aromatic rings. The van der Waals surface area contributed by atoms with Crippen LogP contribution in [0, 0.1) is 0 Å². The van der Waals surface area contributed by atoms with E-state index in [1.165, 1.54) is 6.42 Å². The SMILES string of the molecule is CCCNNC.NCCNCCN. The van der Waals surface area contributed by atoms with Crippen LogP contribution in [0.4, 0.5) is 0 Å². The molecule has 0 aliphatic carbocycles. The van der Waals surface area contributed by atoms with Crippen LogP contribution in [-0.4, -0.2) is 39.8 Å². The summed E-state index contributed by atoms with van der Waals surface area (Å²) in [6, 6.07) is 0. The molecular formula is C8H25N5. The molecule has 0 radical (unpaired) electrons. The average molecular weight is 191 g/mol. The van der Waals surface area contributed by atoms with Gasteiger partial charge in [0.25, 0.3) is 0 Å². The quantitative estimate of drug-likeness (QED) is 0.253. The molecule has 0 rings (SSSR count). The van der Waals surface area contributed by atoms with E-state index in [9.17, 15) is 0 Å². The Balaban J connectivity index is 0. The Morgan fingerprint density at radius 1 is 1.00 bits per heavy atom. The highest BCUT2D eigenvalue weighted by atomic mass is 15.3. The molecule has 82 valence electrons. The van der Waals surface area contributed by atoms with Gasteiger partial charge >= 0.3 is 0 Å². The fourth-order valence-electron chi connectivity index (χ4n) is 0.579. The molecule has 0 bridgehead atoms. The van der Waals surface area contributed by atoms with Gasteiger partial charge in [-0.05, 0) is 13.5 Å². The topological polar surface area (TPSA) is 88.1 Å². The Labute approximate surface area is 81.6 Å². The number of nitrogens with one attached hydrogen (secondary N) is 3. The highest BCUT2D eigenvalue weighted by Crippen LogP contribution is 1.62. The van der Waals surface area contributed by atoms with Crippen molar-refractivity contribution in [2.75, 3.05) is 39.8 Å². The van der Waals surface area contributed by atoms with Gasteiger partial charge in [-0.1, -0.05) is 6.92 Å². The minimum absolute atomic E-state index is 0.694. The van der Waals surface area contributed by atoms with Crippen LogP contribution in [0.15, 0.2) is 0 Å². The van der Waals surface area contributed by atoms with Crippen LogP contribution in [0.1, 0.15) is 13.3 Å². The van der Waals surface area contributed by atoms with Gasteiger partial charge in [0.15, 0.2) is 0 Å². The zero-order chi connectivity index (χ0) is 10.4. The summed E-state index contributed by atoms with van der Waals surface area (Å²) >= 11 is 0. The molecule has 7 N–H and O–H groups in total. The van der Waals surface area contributed by atoms with Gasteiger partial charge in [-0.25, -0.2) is 0 Å². The van der Waals surface area contributed by atoms with Crippen molar-refractivity contribution in [1.82, 2.24) is 16.2 Å². The maximum atomic E-state index is 5.17. The van der Waals surface area contributed by atoms with Gasteiger partial charge in [0.2, 0.25) is 0 Å². The van der Waals surface area contributed by atoms with Crippen molar-refractivity contribution in [2.24, 2.45) is 11.5 Å². The molecule has 0 aliphatic heterocycles. The zero-order valence-electron chi connectivity index (χ0n) is 8.90. The van der Waals surface area contributed by atoms with Gasteiger partial charge in [-0.2, -0.15) is 0 Å². The normalized spacial score (nSPS) is 9.23. The first-order valence-corrected chi connectivity index (χ1v) is 4.83. The van der Waals surface area contributed by atoms with E-state index < -0.39 is 0 Å². The van der Waals surface area contributed by atoms with Crippen LogP contribution in [0.5, 0.6) is 0 Å². The van der Waals surface area contributed by atoms with Crippen LogP contribution in [-0.2, 0) is 0 Å². The first-order valence-electron chi connectivity index (χ1n) is 4.83. The molecule has 0 saturated heterocycles. The van der Waals surface area contributed by atoms with Gasteiger partial charge in [0, 0.05) is 32.7 Å². The summed E-state index contributed by atoms with van der Waals surface area (Å²) in [6.45, 7) is 6.31. The van der Waals surface area contributed by atoms with Crippen molar-refractivity contribution >= 4 is 0 Å². The van der Waals surface area contributed by atoms with Crippen molar-refractivity contribution in [1.29, 1.82) is 0 Å². The fraction of sp³-hybridized carbons (Fsp3) is 1.00. The van der Waals surface area contributed by atoms with E-state index in [0.29, 0.717) is 13.1 Å². The molecule has 0 saturated carbocycles. The van der Waals surface area contributed by atoms with Gasteiger partial charge in [-0.3, -0.25) is 10.9 Å². The second kappa shape index (κ2) is 17.8. The lowest BCUT2D eigenvalue weighted by Crippen LogP contribution is -2.27. The molecule has 0 aromatic heterocycles. The molecule has 0 fully saturated rings. The van der Waals surface area contributed by atoms with Gasteiger partial charge in [-0.15, -0.1) is 0 Å². The fourth-order valence-corrected chi connectivity index (χ4v) is 0.579. The van der Waals surface area contributed by atoms with Crippen molar-refractivity contribution in [2.45, 2.75) is 13.3 Å². The van der Waals surface area contributed by atoms with Crippen LogP contribution >= 0.6 is 0 Å². The summed E-state index contributed by atoms with van der Waals surface area (Å²) in [6.07, 6.45) is 1.18. The molecule has 0 unspecified atom stereocenters. The number of hydrazine groups is 1. The monoisotopic (exact) mass is 191 g/mol. The highest BCUT2D eigenvalue weighted by Gasteiger charge is 1.76. The van der Waals surface area contributed by atoms with Crippen molar-refractivity contribution < 1.29 is 0 Å². The molecule has 0 amide bonds. The third kappa shape index (κ3) is 24.5. The maximum Gasteiger partial charge on any atom is 0.00970 e. The molecular weight excluding hydrogens is 166 g/mol. The summed E-state index contributed by atoms with van der Waals surface area (Å²) in [5.41, 5.74) is 16.1. The second-order valence-electron chi connectivity index (χ2n) is 2.50. The van der Waals surface area contributed by atoms with Crippen LogP contribution in [0.3, 0.4) is 0 Å². The molecule has 0 heterocycles. The first-order chi connectivity index (χ1) is 6.33. The third-order valence-corrected chi connectivity index (χ3v) is 1.19. The lowest BCUT2D eigenvalue weighted by Gasteiger charge is -1.95. The molecule has 5 heteroatoms. The Kier molecular flexibility index (Phi) is 20.9. The van der Waals surface area contributed by atoms with Crippen molar-refractivity contribution in [3.63, 3.8) is 0 Å². The average Bonchev–Trinajstić information content (AvgIpc) is 2.17. The zero-order valence-corrected chi connectivity index (χ0v) is 8.90. The minimum Gasteiger partial charge on any atom is -0.329 e. The van der Waals surface area contributed by atoms with Crippen molar-refractivity contribution in [3.05, 3.63) is 0 Å². The predicted molar refractivity (Wildman–Crippen MR) is 58.3 cm³/mol. The molecule has 5 nitrogen and oxygen atoms in total. The first kappa shape index (κ1) is 15.3. The smallest absolute Gasteiger partial charge is 0.00970 e. The Hall–Kier alpha value is -0.200. The van der Waals surface area contributed by atoms with Crippen LogP contribution < -0.4 is 27.6 Å². The molecule has 0 aromatic carbocycles. The summed E-state index contributed by atoms with van der Waals surface area (Å²) in [5, 5.41) is 3.03. The van der Waals surface area contributed by atoms with Gasteiger partial charge < -0.3 is 16.8 Å². The van der Waals surface area contributed by atoms with Crippen LogP contribution in [0.25, 0.3) is 0 Å². The third-order valence-electron chi connectivity index (χ3n) is 1.19. The standard InChI is InChI=1S/C4H13N3.C4H12N2/c5-1-3-7-4-2-6;1-3-4-6-5-2/h7H,1-6H2;5-6H,3-4H2,1-2H3. The number of hydrogen-bond donors (Lipinski definition) is 5. The Bertz CT molecular complexity index is 61.6. The summed E-state index contributed by atoms with van der Waals surface area (Å²) < 4.78 is 0. The lowest BCUT2D eigenvalue weighted by atomic mass is 10.5. The van der Waals surface area contributed by atoms with E-state index in [0.717, 1.165) is 19.6 Å². The molecule has 0 spiro atoms. The minimum atomic E-state index is 0.694. The van der Waals surface area contributed by atoms with E-state index >= 15 is 0 Å². The molecule has 13 heavy (non-hydrogen) atoms. The number of nitrogens with two attached hydrogens (primary N) is 2. The summed E-state index contributed by atoms with van der Waals surface area (Å²) in [7, 11) is 1.87. The molecule has 0 aliphatic rings. The van der Waals surface area contributed by atoms with E-state index in [2.05, 4.69) is 23.1 Å².